The topological polar surface area (TPSA) is 71.0 Å². The number of carbonyl (C=O) groups excluding carboxylic acids is 1. The molecule has 0 aliphatic carbocycles. The minimum atomic E-state index is -0.301. The van der Waals surface area contributed by atoms with Crippen molar-refractivity contribution in [2.75, 3.05) is 5.32 Å². The van der Waals surface area contributed by atoms with E-state index < -0.39 is 0 Å². The van der Waals surface area contributed by atoms with Gasteiger partial charge in [-0.05, 0) is 37.3 Å². The molecule has 1 aromatic carbocycles. The average molecular weight is 289 g/mol. The van der Waals surface area contributed by atoms with Crippen molar-refractivity contribution in [2.45, 2.75) is 6.92 Å². The Morgan fingerprint density at radius 3 is 2.55 bits per heavy atom. The van der Waals surface area contributed by atoms with E-state index >= 15 is 0 Å². The normalized spacial score (nSPS) is 9.90. The highest BCUT2D eigenvalue weighted by atomic mass is 32.1. The third kappa shape index (κ3) is 3.55. The molecule has 0 bridgehead atoms. The number of aromatic nitrogens is 2. The van der Waals surface area contributed by atoms with Crippen LogP contribution in [0.15, 0.2) is 36.4 Å². The lowest BCUT2D eigenvalue weighted by atomic mass is 10.3. The molecular weight excluding hydrogens is 274 g/mol. The van der Waals surface area contributed by atoms with Gasteiger partial charge in [-0.2, -0.15) is 5.10 Å². The minimum absolute atomic E-state index is 0.301. The number of hydrogen-bond donors (Lipinski definition) is 3. The number of hydrazine groups is 1. The molecule has 0 saturated carbocycles. The van der Waals surface area contributed by atoms with Crippen LogP contribution in [0.5, 0.6) is 0 Å². The van der Waals surface area contributed by atoms with Crippen molar-refractivity contribution in [3.8, 4) is 0 Å². The molecule has 0 fully saturated rings. The summed E-state index contributed by atoms with van der Waals surface area (Å²) in [7, 11) is 1.71. The predicted molar refractivity (Wildman–Crippen MR) is 81.2 cm³/mol. The Hall–Kier alpha value is -2.41. The van der Waals surface area contributed by atoms with E-state index in [4.69, 9.17) is 12.2 Å². The van der Waals surface area contributed by atoms with Crippen molar-refractivity contribution in [3.63, 3.8) is 0 Å². The molecule has 0 saturated heterocycles. The maximum absolute atomic E-state index is 11.9. The first-order chi connectivity index (χ1) is 9.56. The summed E-state index contributed by atoms with van der Waals surface area (Å²) in [6.45, 7) is 1.83. The van der Waals surface area contributed by atoms with Crippen molar-refractivity contribution in [1.29, 1.82) is 0 Å². The second-order valence-electron chi connectivity index (χ2n) is 4.19. The van der Waals surface area contributed by atoms with E-state index in [0.717, 1.165) is 11.4 Å². The molecule has 0 atom stereocenters. The van der Waals surface area contributed by atoms with Crippen molar-refractivity contribution in [2.24, 2.45) is 7.05 Å². The van der Waals surface area contributed by atoms with Crippen LogP contribution in [0.4, 0.5) is 5.69 Å². The van der Waals surface area contributed by atoms with Crippen LogP contribution in [0.3, 0.4) is 0 Å². The van der Waals surface area contributed by atoms with Gasteiger partial charge >= 0.3 is 0 Å². The van der Waals surface area contributed by atoms with Gasteiger partial charge in [-0.15, -0.1) is 0 Å². The van der Waals surface area contributed by atoms with E-state index in [2.05, 4.69) is 21.3 Å². The Morgan fingerprint density at radius 1 is 1.25 bits per heavy atom. The molecule has 1 heterocycles. The number of para-hydroxylation sites is 1. The highest BCUT2D eigenvalue weighted by Gasteiger charge is 2.11. The summed E-state index contributed by atoms with van der Waals surface area (Å²) in [5, 5.41) is 7.37. The van der Waals surface area contributed by atoms with Crippen LogP contribution in [-0.2, 0) is 7.05 Å². The Balaban J connectivity index is 1.87. The molecule has 0 aliphatic rings. The molecule has 7 heteroatoms. The van der Waals surface area contributed by atoms with Crippen molar-refractivity contribution in [3.05, 3.63) is 47.8 Å². The average Bonchev–Trinajstić information content (AvgIpc) is 2.76. The fourth-order valence-electron chi connectivity index (χ4n) is 1.68. The monoisotopic (exact) mass is 289 g/mol. The number of rotatable bonds is 2. The number of aryl methyl sites for hydroxylation is 2. The molecule has 0 unspecified atom stereocenters. The molecule has 2 aromatic rings. The third-order valence-electron chi connectivity index (χ3n) is 2.56. The van der Waals surface area contributed by atoms with E-state index in [1.54, 1.807) is 13.1 Å². The molecule has 0 spiro atoms. The summed E-state index contributed by atoms with van der Waals surface area (Å²) in [4.78, 5) is 11.9. The van der Waals surface area contributed by atoms with Crippen LogP contribution in [0.2, 0.25) is 0 Å². The molecule has 1 amide bonds. The van der Waals surface area contributed by atoms with Gasteiger partial charge in [0.25, 0.3) is 5.91 Å². The van der Waals surface area contributed by atoms with Crippen molar-refractivity contribution < 1.29 is 4.79 Å². The zero-order chi connectivity index (χ0) is 14.5. The number of benzene rings is 1. The van der Waals surface area contributed by atoms with Crippen LogP contribution in [-0.4, -0.2) is 20.8 Å². The van der Waals surface area contributed by atoms with Crippen LogP contribution >= 0.6 is 12.2 Å². The van der Waals surface area contributed by atoms with Crippen LogP contribution in [0, 0.1) is 6.92 Å². The number of hydrogen-bond acceptors (Lipinski definition) is 3. The summed E-state index contributed by atoms with van der Waals surface area (Å²) in [5.41, 5.74) is 7.24. The second-order valence-corrected chi connectivity index (χ2v) is 4.60. The summed E-state index contributed by atoms with van der Waals surface area (Å²) in [6, 6.07) is 11.1. The molecule has 0 radical (unpaired) electrons. The Labute approximate surface area is 122 Å². The van der Waals surface area contributed by atoms with Gasteiger partial charge in [-0.25, -0.2) is 0 Å². The van der Waals surface area contributed by atoms with E-state index in [9.17, 15) is 4.79 Å². The lowest BCUT2D eigenvalue weighted by Crippen LogP contribution is -2.44. The van der Waals surface area contributed by atoms with Crippen molar-refractivity contribution in [1.82, 2.24) is 20.6 Å². The van der Waals surface area contributed by atoms with Gasteiger partial charge in [-0.1, -0.05) is 18.2 Å². The first-order valence-electron chi connectivity index (χ1n) is 5.99. The lowest BCUT2D eigenvalue weighted by molar-refractivity contribution is 0.0934. The summed E-state index contributed by atoms with van der Waals surface area (Å²) in [6.07, 6.45) is 0. The highest BCUT2D eigenvalue weighted by molar-refractivity contribution is 7.80. The number of carbonyl (C=O) groups is 1. The number of anilines is 1. The third-order valence-corrected chi connectivity index (χ3v) is 2.76. The Morgan fingerprint density at radius 2 is 1.95 bits per heavy atom. The summed E-state index contributed by atoms with van der Waals surface area (Å²) in [5.74, 6) is -0.301. The van der Waals surface area contributed by atoms with E-state index in [1.807, 2.05) is 37.3 Å². The molecule has 2 rings (SSSR count). The van der Waals surface area contributed by atoms with Gasteiger partial charge in [0.2, 0.25) is 0 Å². The molecular formula is C13H15N5OS. The van der Waals surface area contributed by atoms with E-state index in [0.29, 0.717) is 10.8 Å². The zero-order valence-corrected chi connectivity index (χ0v) is 12.0. The second kappa shape index (κ2) is 6.16. The quantitative estimate of drug-likeness (QED) is 0.575. The van der Waals surface area contributed by atoms with Crippen LogP contribution in [0.1, 0.15) is 16.2 Å². The van der Waals surface area contributed by atoms with Gasteiger partial charge in [0.05, 0.1) is 5.69 Å². The number of nitrogens with one attached hydrogen (secondary N) is 3. The highest BCUT2D eigenvalue weighted by Crippen LogP contribution is 2.04. The Kier molecular flexibility index (Phi) is 4.31. The zero-order valence-electron chi connectivity index (χ0n) is 11.2. The summed E-state index contributed by atoms with van der Waals surface area (Å²) >= 11 is 5.08. The molecule has 1 aromatic heterocycles. The fourth-order valence-corrected chi connectivity index (χ4v) is 1.85. The van der Waals surface area contributed by atoms with Gasteiger partial charge in [0.1, 0.15) is 5.69 Å². The lowest BCUT2D eigenvalue weighted by Gasteiger charge is -2.11. The van der Waals surface area contributed by atoms with E-state index in [1.165, 1.54) is 4.68 Å². The van der Waals surface area contributed by atoms with Gasteiger partial charge in [-0.3, -0.25) is 20.3 Å². The Bertz CT molecular complexity index is 623. The fraction of sp³-hybridized carbons (Fsp3) is 0.154. The molecule has 3 N–H and O–H groups in total. The molecule has 20 heavy (non-hydrogen) atoms. The first kappa shape index (κ1) is 14.0. The maximum atomic E-state index is 11.9. The van der Waals surface area contributed by atoms with Crippen LogP contribution < -0.4 is 16.2 Å². The maximum Gasteiger partial charge on any atom is 0.287 e. The molecule has 104 valence electrons. The molecule has 6 nitrogen and oxygen atoms in total. The number of thiocarbonyl (C=S) groups is 1. The van der Waals surface area contributed by atoms with Gasteiger partial charge in [0, 0.05) is 12.7 Å². The predicted octanol–water partition coefficient (Wildman–Crippen LogP) is 1.36. The summed E-state index contributed by atoms with van der Waals surface area (Å²) < 4.78 is 1.51. The smallest absolute Gasteiger partial charge is 0.287 e. The van der Waals surface area contributed by atoms with Gasteiger partial charge in [0.15, 0.2) is 5.11 Å². The van der Waals surface area contributed by atoms with Crippen LogP contribution in [0.25, 0.3) is 0 Å². The van der Waals surface area contributed by atoms with Crippen molar-refractivity contribution >= 4 is 28.9 Å². The largest absolute Gasteiger partial charge is 0.331 e. The first-order valence-corrected chi connectivity index (χ1v) is 6.40. The number of amides is 1. The SMILES string of the molecule is Cc1cc(C(=O)NNC(=S)Nc2ccccc2)n(C)n1. The minimum Gasteiger partial charge on any atom is -0.331 e. The number of nitrogens with zero attached hydrogens (tertiary/aromatic N) is 2. The van der Waals surface area contributed by atoms with Gasteiger partial charge < -0.3 is 5.32 Å². The molecule has 0 aliphatic heterocycles. The van der Waals surface area contributed by atoms with E-state index in [-0.39, 0.29) is 5.91 Å². The standard InChI is InChI=1S/C13H15N5OS/c1-9-8-11(18(2)17-9)12(19)15-16-13(20)14-10-6-4-3-5-7-10/h3-8H,1-2H3,(H,15,19)(H2,14,16,20).